The van der Waals surface area contributed by atoms with Gasteiger partial charge in [-0.2, -0.15) is 4.31 Å². The summed E-state index contributed by atoms with van der Waals surface area (Å²) in [5.74, 6) is -0.696. The largest absolute Gasteiger partial charge is 0.350 e. The third-order valence-electron chi connectivity index (χ3n) is 5.57. The maximum atomic E-state index is 13.5. The number of likely N-dealkylation sites (N-methyl/N-ethyl adjacent to an activating group) is 1. The summed E-state index contributed by atoms with van der Waals surface area (Å²) in [5, 5.41) is 2.96. The number of hydrogen-bond donors (Lipinski definition) is 1. The molecule has 1 N–H and O–H groups in total. The zero-order chi connectivity index (χ0) is 25.7. The van der Waals surface area contributed by atoms with E-state index in [1.165, 1.54) is 24.1 Å². The van der Waals surface area contributed by atoms with Crippen molar-refractivity contribution in [2.24, 2.45) is 0 Å². The molecule has 0 saturated heterocycles. The van der Waals surface area contributed by atoms with Gasteiger partial charge in [0.1, 0.15) is 6.04 Å². The van der Waals surface area contributed by atoms with E-state index >= 15 is 0 Å². The van der Waals surface area contributed by atoms with Crippen molar-refractivity contribution in [2.75, 3.05) is 13.6 Å². The van der Waals surface area contributed by atoms with Crippen molar-refractivity contribution in [3.05, 3.63) is 65.2 Å². The minimum Gasteiger partial charge on any atom is -0.350 e. The standard InChI is InChI=1S/C26H37N3O4S/c1-8-23(25(31)27-26(4,5)6)29(17-21-12-10-9-11-20(21)3)24(30)18-28(7)34(32,33)22-15-13-19(2)14-16-22/h9-16,23H,8,17-18H2,1-7H3,(H,27,31)/t23-/m0/s1. The zero-order valence-corrected chi connectivity index (χ0v) is 22.1. The number of rotatable bonds is 9. The molecule has 2 amide bonds. The molecule has 2 aromatic rings. The van der Waals surface area contributed by atoms with Gasteiger partial charge in [-0.3, -0.25) is 9.59 Å². The lowest BCUT2D eigenvalue weighted by atomic mass is 10.0. The van der Waals surface area contributed by atoms with E-state index in [1.54, 1.807) is 12.1 Å². The summed E-state index contributed by atoms with van der Waals surface area (Å²) >= 11 is 0. The van der Waals surface area contributed by atoms with Crippen molar-refractivity contribution < 1.29 is 18.0 Å². The van der Waals surface area contributed by atoms with Gasteiger partial charge in [0.15, 0.2) is 0 Å². The highest BCUT2D eigenvalue weighted by Crippen LogP contribution is 2.19. The molecule has 0 aromatic heterocycles. The predicted octanol–water partition coefficient (Wildman–Crippen LogP) is 3.65. The maximum absolute atomic E-state index is 13.5. The van der Waals surface area contributed by atoms with Crippen molar-refractivity contribution in [2.45, 2.75) is 71.0 Å². The van der Waals surface area contributed by atoms with Crippen LogP contribution in [0.4, 0.5) is 0 Å². The van der Waals surface area contributed by atoms with Gasteiger partial charge in [0.25, 0.3) is 0 Å². The monoisotopic (exact) mass is 487 g/mol. The van der Waals surface area contributed by atoms with Crippen LogP contribution in [0, 0.1) is 13.8 Å². The Morgan fingerprint density at radius 2 is 1.59 bits per heavy atom. The fourth-order valence-electron chi connectivity index (χ4n) is 3.60. The molecular weight excluding hydrogens is 450 g/mol. The van der Waals surface area contributed by atoms with Crippen molar-refractivity contribution in [1.29, 1.82) is 0 Å². The summed E-state index contributed by atoms with van der Waals surface area (Å²) in [7, 11) is -2.48. The molecule has 7 nitrogen and oxygen atoms in total. The fraction of sp³-hybridized carbons (Fsp3) is 0.462. The SMILES string of the molecule is CC[C@@H](C(=O)NC(C)(C)C)N(Cc1ccccc1C)C(=O)CN(C)S(=O)(=O)c1ccc(C)cc1. The van der Waals surface area contributed by atoms with Gasteiger partial charge in [0.2, 0.25) is 21.8 Å². The Morgan fingerprint density at radius 1 is 1.00 bits per heavy atom. The number of sulfonamides is 1. The minimum absolute atomic E-state index is 0.122. The number of carbonyl (C=O) groups excluding carboxylic acids is 2. The molecule has 0 spiro atoms. The third-order valence-corrected chi connectivity index (χ3v) is 7.39. The predicted molar refractivity (Wildman–Crippen MR) is 135 cm³/mol. The van der Waals surface area contributed by atoms with E-state index in [4.69, 9.17) is 0 Å². The fourth-order valence-corrected chi connectivity index (χ4v) is 4.72. The summed E-state index contributed by atoms with van der Waals surface area (Å²) < 4.78 is 27.1. The van der Waals surface area contributed by atoms with Crippen molar-refractivity contribution in [3.63, 3.8) is 0 Å². The van der Waals surface area contributed by atoms with Crippen LogP contribution in [-0.4, -0.2) is 54.6 Å². The topological polar surface area (TPSA) is 86.8 Å². The molecule has 0 aliphatic rings. The Bertz CT molecular complexity index is 1110. The van der Waals surface area contributed by atoms with Crippen molar-refractivity contribution in [3.8, 4) is 0 Å². The quantitative estimate of drug-likeness (QED) is 0.585. The van der Waals surface area contributed by atoms with E-state index < -0.39 is 27.5 Å². The van der Waals surface area contributed by atoms with Crippen LogP contribution in [-0.2, 0) is 26.2 Å². The first kappa shape index (κ1) is 27.5. The van der Waals surface area contributed by atoms with E-state index in [-0.39, 0.29) is 23.9 Å². The maximum Gasteiger partial charge on any atom is 0.243 e. The Hall–Kier alpha value is -2.71. The number of aryl methyl sites for hydroxylation is 2. The van der Waals surface area contributed by atoms with Gasteiger partial charge in [0, 0.05) is 19.1 Å². The summed E-state index contributed by atoms with van der Waals surface area (Å²) in [5.41, 5.74) is 2.37. The number of hydrogen-bond acceptors (Lipinski definition) is 4. The van der Waals surface area contributed by atoms with E-state index in [1.807, 2.05) is 65.8 Å². The molecule has 0 fully saturated rings. The first-order valence-electron chi connectivity index (χ1n) is 11.4. The van der Waals surface area contributed by atoms with Gasteiger partial charge < -0.3 is 10.2 Å². The van der Waals surface area contributed by atoms with Gasteiger partial charge in [0.05, 0.1) is 11.4 Å². The van der Waals surface area contributed by atoms with E-state index in [0.717, 1.165) is 21.0 Å². The van der Waals surface area contributed by atoms with E-state index in [2.05, 4.69) is 5.32 Å². The summed E-state index contributed by atoms with van der Waals surface area (Å²) in [6.07, 6.45) is 0.397. The lowest BCUT2D eigenvalue weighted by Gasteiger charge is -2.34. The normalized spacial score (nSPS) is 12.9. The summed E-state index contributed by atoms with van der Waals surface area (Å²) in [6.45, 7) is 11.1. The Kier molecular flexibility index (Phi) is 9.02. The molecule has 0 aliphatic carbocycles. The van der Waals surface area contributed by atoms with Gasteiger partial charge in [-0.15, -0.1) is 0 Å². The van der Waals surface area contributed by atoms with Gasteiger partial charge in [-0.05, 0) is 64.3 Å². The van der Waals surface area contributed by atoms with Crippen LogP contribution in [0.1, 0.15) is 50.8 Å². The molecule has 0 bridgehead atoms. The Morgan fingerprint density at radius 3 is 2.12 bits per heavy atom. The lowest BCUT2D eigenvalue weighted by molar-refractivity contribution is -0.142. The molecule has 0 heterocycles. The Labute approximate surface area is 204 Å². The molecule has 34 heavy (non-hydrogen) atoms. The second-order valence-electron chi connectivity index (χ2n) is 9.69. The highest BCUT2D eigenvalue weighted by molar-refractivity contribution is 7.89. The van der Waals surface area contributed by atoms with Crippen LogP contribution in [0.15, 0.2) is 53.4 Å². The van der Waals surface area contributed by atoms with E-state index in [0.29, 0.717) is 6.42 Å². The average molecular weight is 488 g/mol. The third kappa shape index (κ3) is 7.14. The van der Waals surface area contributed by atoms with Gasteiger partial charge >= 0.3 is 0 Å². The molecule has 8 heteroatoms. The second kappa shape index (κ2) is 11.1. The van der Waals surface area contributed by atoms with Gasteiger partial charge in [-0.1, -0.05) is 48.9 Å². The average Bonchev–Trinajstić information content (AvgIpc) is 2.73. The Balaban J connectivity index is 2.36. The molecular formula is C26H37N3O4S. The lowest BCUT2D eigenvalue weighted by Crippen LogP contribution is -2.55. The van der Waals surface area contributed by atoms with Crippen LogP contribution >= 0.6 is 0 Å². The van der Waals surface area contributed by atoms with Crippen LogP contribution in [0.2, 0.25) is 0 Å². The molecule has 0 unspecified atom stereocenters. The molecule has 0 radical (unpaired) electrons. The first-order valence-corrected chi connectivity index (χ1v) is 12.9. The molecule has 1 atom stereocenters. The second-order valence-corrected chi connectivity index (χ2v) is 11.7. The zero-order valence-electron chi connectivity index (χ0n) is 21.3. The smallest absolute Gasteiger partial charge is 0.243 e. The van der Waals surface area contributed by atoms with Gasteiger partial charge in [-0.25, -0.2) is 8.42 Å². The molecule has 2 aromatic carbocycles. The number of nitrogens with one attached hydrogen (secondary N) is 1. The van der Waals surface area contributed by atoms with Crippen LogP contribution in [0.5, 0.6) is 0 Å². The molecule has 2 rings (SSSR count). The molecule has 0 saturated carbocycles. The first-order chi connectivity index (χ1) is 15.8. The summed E-state index contributed by atoms with van der Waals surface area (Å²) in [4.78, 5) is 28.2. The number of nitrogens with zero attached hydrogens (tertiary/aromatic N) is 2. The van der Waals surface area contributed by atoms with Crippen LogP contribution in [0.25, 0.3) is 0 Å². The number of amides is 2. The van der Waals surface area contributed by atoms with Crippen LogP contribution in [0.3, 0.4) is 0 Å². The summed E-state index contributed by atoms with van der Waals surface area (Å²) in [6, 6.07) is 13.4. The van der Waals surface area contributed by atoms with E-state index in [9.17, 15) is 18.0 Å². The number of benzene rings is 2. The molecule has 0 aliphatic heterocycles. The highest BCUT2D eigenvalue weighted by atomic mass is 32.2. The van der Waals surface area contributed by atoms with Crippen LogP contribution < -0.4 is 5.32 Å². The highest BCUT2D eigenvalue weighted by Gasteiger charge is 2.33. The molecule has 186 valence electrons. The van der Waals surface area contributed by atoms with Crippen molar-refractivity contribution >= 4 is 21.8 Å². The number of carbonyl (C=O) groups is 2. The van der Waals surface area contributed by atoms with Crippen molar-refractivity contribution in [1.82, 2.24) is 14.5 Å². The minimum atomic E-state index is -3.86.